The molecule has 4 aromatic rings. The Kier molecular flexibility index (Phi) is 5.05. The minimum absolute atomic E-state index is 0.0000830. The van der Waals surface area contributed by atoms with Gasteiger partial charge >= 0.3 is 0 Å². The summed E-state index contributed by atoms with van der Waals surface area (Å²) in [6, 6.07) is 20.6. The molecule has 166 valence electrons. The molecule has 1 aliphatic heterocycles. The molecule has 0 radical (unpaired) electrons. The number of aryl methyl sites for hydroxylation is 1. The molecule has 5 rings (SSSR count). The van der Waals surface area contributed by atoms with Crippen LogP contribution in [0.2, 0.25) is 0 Å². The second-order valence-electron chi connectivity index (χ2n) is 9.60. The molecule has 5 heteroatoms. The van der Waals surface area contributed by atoms with E-state index < -0.39 is 6.04 Å². The fraction of sp³-hybridized carbons (Fsp3) is 0.214. The Labute approximate surface area is 201 Å². The van der Waals surface area contributed by atoms with Gasteiger partial charge in [-0.25, -0.2) is 0 Å². The number of benzene rings is 3. The smallest absolute Gasteiger partial charge is 0.295 e. The third-order valence-electron chi connectivity index (χ3n) is 6.22. The standard InChI is InChI=1S/C28H24BrNO3/c1-16-5-14-22-21(15-16)25(31)23-24(17-6-8-18(9-7-17)28(2,3)4)30(27(32)26(23)33-22)20-12-10-19(29)11-13-20/h5-15,24H,1-4H3. The molecule has 1 unspecified atom stereocenters. The van der Waals surface area contributed by atoms with Crippen LogP contribution in [0, 0.1) is 6.92 Å². The van der Waals surface area contributed by atoms with Gasteiger partial charge in [-0.3, -0.25) is 14.5 Å². The van der Waals surface area contributed by atoms with Crippen LogP contribution in [0.15, 0.2) is 80.4 Å². The summed E-state index contributed by atoms with van der Waals surface area (Å²) in [6.45, 7) is 8.42. The van der Waals surface area contributed by atoms with Gasteiger partial charge in [0.1, 0.15) is 5.58 Å². The number of nitrogens with zero attached hydrogens (tertiary/aromatic N) is 1. The largest absolute Gasteiger partial charge is 0.450 e. The van der Waals surface area contributed by atoms with Crippen molar-refractivity contribution in [3.05, 3.63) is 109 Å². The molecule has 4 nitrogen and oxygen atoms in total. The van der Waals surface area contributed by atoms with Crippen molar-refractivity contribution in [2.45, 2.75) is 39.2 Å². The van der Waals surface area contributed by atoms with Crippen LogP contribution in [0.1, 0.15) is 59.6 Å². The van der Waals surface area contributed by atoms with E-state index in [0.717, 1.165) is 15.6 Å². The Morgan fingerprint density at radius 2 is 1.58 bits per heavy atom. The van der Waals surface area contributed by atoms with Gasteiger partial charge in [0, 0.05) is 10.2 Å². The van der Waals surface area contributed by atoms with Crippen LogP contribution in [0.5, 0.6) is 0 Å². The summed E-state index contributed by atoms with van der Waals surface area (Å²) in [6.07, 6.45) is 0. The number of anilines is 1. The van der Waals surface area contributed by atoms with Gasteiger partial charge in [0.05, 0.1) is 17.0 Å². The summed E-state index contributed by atoms with van der Waals surface area (Å²) < 4.78 is 6.97. The normalized spacial score (nSPS) is 15.8. The van der Waals surface area contributed by atoms with Gasteiger partial charge in [-0.1, -0.05) is 72.6 Å². The zero-order chi connectivity index (χ0) is 23.5. The fourth-order valence-corrected chi connectivity index (χ4v) is 4.70. The highest BCUT2D eigenvalue weighted by Gasteiger charge is 2.43. The highest BCUT2D eigenvalue weighted by atomic mass is 79.9. The van der Waals surface area contributed by atoms with Gasteiger partial charge in [0.15, 0.2) is 5.43 Å². The first-order chi connectivity index (χ1) is 15.6. The Balaban J connectivity index is 1.77. The Bertz CT molecular complexity index is 1440. The third kappa shape index (κ3) is 3.61. The second kappa shape index (κ2) is 7.70. The molecule has 1 atom stereocenters. The van der Waals surface area contributed by atoms with E-state index in [1.165, 1.54) is 5.56 Å². The van der Waals surface area contributed by atoms with Crippen molar-refractivity contribution in [3.8, 4) is 0 Å². The Morgan fingerprint density at radius 1 is 0.909 bits per heavy atom. The molecule has 0 aliphatic carbocycles. The van der Waals surface area contributed by atoms with Crippen LogP contribution < -0.4 is 10.3 Å². The molecule has 3 aromatic carbocycles. The third-order valence-corrected chi connectivity index (χ3v) is 6.75. The van der Waals surface area contributed by atoms with Crippen LogP contribution in [0.25, 0.3) is 11.0 Å². The van der Waals surface area contributed by atoms with E-state index in [1.54, 1.807) is 11.0 Å². The molecule has 0 N–H and O–H groups in total. The molecular weight excluding hydrogens is 478 g/mol. The Morgan fingerprint density at radius 3 is 2.21 bits per heavy atom. The van der Waals surface area contributed by atoms with Crippen LogP contribution >= 0.6 is 15.9 Å². The number of hydrogen-bond acceptors (Lipinski definition) is 3. The average molecular weight is 502 g/mol. The summed E-state index contributed by atoms with van der Waals surface area (Å²) in [5, 5.41) is 0.496. The molecule has 1 aromatic heterocycles. The lowest BCUT2D eigenvalue weighted by Gasteiger charge is -2.26. The van der Waals surface area contributed by atoms with Crippen LogP contribution in [0.3, 0.4) is 0 Å². The topological polar surface area (TPSA) is 50.5 Å². The van der Waals surface area contributed by atoms with Crippen molar-refractivity contribution in [1.82, 2.24) is 0 Å². The summed E-state index contributed by atoms with van der Waals surface area (Å²) >= 11 is 3.46. The van der Waals surface area contributed by atoms with Gasteiger partial charge in [0.25, 0.3) is 5.91 Å². The lowest BCUT2D eigenvalue weighted by Crippen LogP contribution is -2.29. The lowest BCUT2D eigenvalue weighted by molar-refractivity contribution is 0.0971. The monoisotopic (exact) mass is 501 g/mol. The highest BCUT2D eigenvalue weighted by Crippen LogP contribution is 2.42. The van der Waals surface area contributed by atoms with E-state index in [-0.39, 0.29) is 22.5 Å². The summed E-state index contributed by atoms with van der Waals surface area (Å²) in [5.41, 5.74) is 4.40. The van der Waals surface area contributed by atoms with E-state index >= 15 is 0 Å². The molecular formula is C28H24BrNO3. The molecule has 0 bridgehead atoms. The number of carbonyl (C=O) groups is 1. The predicted octanol–water partition coefficient (Wildman–Crippen LogP) is 6.91. The van der Waals surface area contributed by atoms with Gasteiger partial charge in [-0.15, -0.1) is 0 Å². The molecule has 33 heavy (non-hydrogen) atoms. The summed E-state index contributed by atoms with van der Waals surface area (Å²) in [7, 11) is 0. The van der Waals surface area contributed by atoms with Crippen LogP contribution in [-0.4, -0.2) is 5.91 Å². The predicted molar refractivity (Wildman–Crippen MR) is 135 cm³/mol. The number of carbonyl (C=O) groups excluding carboxylic acids is 1. The molecule has 2 heterocycles. The van der Waals surface area contributed by atoms with E-state index in [2.05, 4.69) is 48.8 Å². The fourth-order valence-electron chi connectivity index (χ4n) is 4.44. The first kappa shape index (κ1) is 21.7. The van der Waals surface area contributed by atoms with E-state index in [4.69, 9.17) is 4.42 Å². The van der Waals surface area contributed by atoms with E-state index in [9.17, 15) is 9.59 Å². The number of fused-ring (bicyclic) bond motifs is 2. The first-order valence-corrected chi connectivity index (χ1v) is 11.7. The molecule has 0 fully saturated rings. The molecule has 1 amide bonds. The Hall–Kier alpha value is -3.18. The number of hydrogen-bond donors (Lipinski definition) is 0. The van der Waals surface area contributed by atoms with Gasteiger partial charge < -0.3 is 4.42 Å². The van der Waals surface area contributed by atoms with E-state index in [1.807, 2.05) is 55.5 Å². The first-order valence-electron chi connectivity index (χ1n) is 10.9. The van der Waals surface area contributed by atoms with Crippen LogP contribution in [-0.2, 0) is 5.41 Å². The maximum Gasteiger partial charge on any atom is 0.295 e. The maximum atomic E-state index is 13.7. The van der Waals surface area contributed by atoms with Gasteiger partial charge in [-0.05, 0) is 59.9 Å². The van der Waals surface area contributed by atoms with Crippen molar-refractivity contribution < 1.29 is 9.21 Å². The quantitative estimate of drug-likeness (QED) is 0.299. The molecule has 0 saturated heterocycles. The SMILES string of the molecule is Cc1ccc2oc3c(c(=O)c2c1)C(c1ccc(C(C)(C)C)cc1)N(c1ccc(Br)cc1)C3=O. The van der Waals surface area contributed by atoms with Gasteiger partial charge in [0.2, 0.25) is 5.76 Å². The van der Waals surface area contributed by atoms with E-state index in [0.29, 0.717) is 22.2 Å². The van der Waals surface area contributed by atoms with Crippen molar-refractivity contribution in [3.63, 3.8) is 0 Å². The second-order valence-corrected chi connectivity index (χ2v) is 10.5. The number of halogens is 1. The van der Waals surface area contributed by atoms with Crippen molar-refractivity contribution in [2.24, 2.45) is 0 Å². The maximum absolute atomic E-state index is 13.7. The summed E-state index contributed by atoms with van der Waals surface area (Å²) in [4.78, 5) is 29.0. The van der Waals surface area contributed by atoms with Crippen molar-refractivity contribution in [2.75, 3.05) is 4.90 Å². The number of rotatable bonds is 2. The lowest BCUT2D eigenvalue weighted by atomic mass is 9.86. The average Bonchev–Trinajstić information content (AvgIpc) is 3.07. The zero-order valence-electron chi connectivity index (χ0n) is 19.0. The van der Waals surface area contributed by atoms with Gasteiger partial charge in [-0.2, -0.15) is 0 Å². The molecule has 0 saturated carbocycles. The minimum Gasteiger partial charge on any atom is -0.450 e. The summed E-state index contributed by atoms with van der Waals surface area (Å²) in [5.74, 6) is -0.194. The van der Waals surface area contributed by atoms with Crippen molar-refractivity contribution >= 4 is 38.5 Å². The van der Waals surface area contributed by atoms with Crippen molar-refractivity contribution in [1.29, 1.82) is 0 Å². The highest BCUT2D eigenvalue weighted by molar-refractivity contribution is 9.10. The zero-order valence-corrected chi connectivity index (χ0v) is 20.6. The number of amides is 1. The molecule has 0 spiro atoms. The minimum atomic E-state index is -0.566. The molecule has 1 aliphatic rings. The van der Waals surface area contributed by atoms with Crippen LogP contribution in [0.4, 0.5) is 5.69 Å².